The lowest BCUT2D eigenvalue weighted by molar-refractivity contribution is -0.384. The number of nitro groups is 1. The largest absolute Gasteiger partial charge is 0.325 e. The van der Waals surface area contributed by atoms with Crippen molar-refractivity contribution in [1.82, 2.24) is 0 Å². The first-order valence-electron chi connectivity index (χ1n) is 11.2. The Bertz CT molecular complexity index is 1430. The average Bonchev–Trinajstić information content (AvgIpc) is 3.28. The second-order valence-corrected chi connectivity index (χ2v) is 10.2. The highest BCUT2D eigenvalue weighted by molar-refractivity contribution is 7.92. The zero-order valence-corrected chi connectivity index (χ0v) is 20.3. The van der Waals surface area contributed by atoms with Crippen molar-refractivity contribution in [2.45, 2.75) is 24.7 Å². The predicted molar refractivity (Wildman–Crippen MR) is 135 cm³/mol. The number of rotatable bonds is 8. The minimum atomic E-state index is -4.21. The molecule has 0 aliphatic carbocycles. The van der Waals surface area contributed by atoms with Gasteiger partial charge in [-0.3, -0.25) is 24.0 Å². The summed E-state index contributed by atoms with van der Waals surface area (Å²) in [5.74, 6) is -0.584. The number of amides is 2. The lowest BCUT2D eigenvalue weighted by atomic mass is 10.1. The quantitative estimate of drug-likeness (QED) is 0.363. The Balaban J connectivity index is 1.61. The number of nitrogens with zero attached hydrogens (tertiary/aromatic N) is 3. The molecule has 0 saturated carbocycles. The molecular weight excluding hydrogens is 484 g/mol. The van der Waals surface area contributed by atoms with Crippen molar-refractivity contribution in [3.8, 4) is 0 Å². The van der Waals surface area contributed by atoms with Crippen LogP contribution in [0.3, 0.4) is 0 Å². The Hall–Kier alpha value is -4.25. The number of sulfonamides is 1. The fraction of sp³-hybridized carbons (Fsp3) is 0.200. The Morgan fingerprint density at radius 3 is 2.47 bits per heavy atom. The average molecular weight is 509 g/mol. The number of carbonyl (C=O) groups is 2. The van der Waals surface area contributed by atoms with E-state index in [9.17, 15) is 28.1 Å². The number of carbonyl (C=O) groups excluding carboxylic acids is 2. The summed E-state index contributed by atoms with van der Waals surface area (Å²) < 4.78 is 27.7. The minimum Gasteiger partial charge on any atom is -0.325 e. The van der Waals surface area contributed by atoms with Crippen molar-refractivity contribution in [1.29, 1.82) is 0 Å². The summed E-state index contributed by atoms with van der Waals surface area (Å²) in [4.78, 5) is 37.3. The lowest BCUT2D eigenvalue weighted by Gasteiger charge is -2.24. The Labute approximate surface area is 208 Å². The highest BCUT2D eigenvalue weighted by Gasteiger charge is 2.28. The maximum atomic E-state index is 13.4. The smallest absolute Gasteiger partial charge is 0.271 e. The van der Waals surface area contributed by atoms with E-state index in [0.717, 1.165) is 28.0 Å². The summed E-state index contributed by atoms with van der Waals surface area (Å²) in [5.41, 5.74) is 1.67. The standard InChI is InChI=1S/C25H24N4O6S/c1-18-15-19(12-13-23(18)27-14-6-11-25(27)31)26-24(30)17-28(20-7-5-8-21(16-20)29(32)33)36(34,35)22-9-3-2-4-10-22/h2-5,7-10,12-13,15-16H,6,11,14,17H2,1H3,(H,26,30). The van der Waals surface area contributed by atoms with E-state index in [4.69, 9.17) is 0 Å². The van der Waals surface area contributed by atoms with Crippen LogP contribution in [-0.4, -0.2) is 38.2 Å². The zero-order valence-electron chi connectivity index (χ0n) is 19.5. The molecule has 186 valence electrons. The van der Waals surface area contributed by atoms with Crippen LogP contribution in [-0.2, 0) is 19.6 Å². The van der Waals surface area contributed by atoms with Crippen LogP contribution in [0.25, 0.3) is 0 Å². The number of anilines is 3. The van der Waals surface area contributed by atoms with Gasteiger partial charge >= 0.3 is 0 Å². The predicted octanol–water partition coefficient (Wildman–Crippen LogP) is 3.86. The van der Waals surface area contributed by atoms with Gasteiger partial charge in [0.1, 0.15) is 6.54 Å². The van der Waals surface area contributed by atoms with E-state index < -0.39 is 27.4 Å². The molecule has 1 aliphatic rings. The molecule has 36 heavy (non-hydrogen) atoms. The molecule has 0 radical (unpaired) electrons. The molecule has 2 amide bonds. The van der Waals surface area contributed by atoms with Crippen LogP contribution >= 0.6 is 0 Å². The number of hydrogen-bond donors (Lipinski definition) is 1. The summed E-state index contributed by atoms with van der Waals surface area (Å²) in [6.45, 7) is 1.86. The van der Waals surface area contributed by atoms with E-state index in [1.165, 1.54) is 30.3 Å². The Morgan fingerprint density at radius 2 is 1.83 bits per heavy atom. The molecule has 0 unspecified atom stereocenters. The summed E-state index contributed by atoms with van der Waals surface area (Å²) in [5, 5.41) is 14.0. The number of non-ortho nitro benzene ring substituents is 1. The maximum absolute atomic E-state index is 13.4. The molecule has 1 saturated heterocycles. The fourth-order valence-corrected chi connectivity index (χ4v) is 5.50. The first-order chi connectivity index (χ1) is 17.2. The fourth-order valence-electron chi connectivity index (χ4n) is 4.07. The van der Waals surface area contributed by atoms with Gasteiger partial charge < -0.3 is 10.2 Å². The van der Waals surface area contributed by atoms with Crippen LogP contribution in [0.2, 0.25) is 0 Å². The summed E-state index contributed by atoms with van der Waals surface area (Å²) >= 11 is 0. The van der Waals surface area contributed by atoms with Crippen molar-refractivity contribution >= 4 is 44.6 Å². The minimum absolute atomic E-state index is 0.0118. The van der Waals surface area contributed by atoms with Gasteiger partial charge in [0.2, 0.25) is 11.8 Å². The van der Waals surface area contributed by atoms with Gasteiger partial charge in [-0.05, 0) is 55.3 Å². The topological polar surface area (TPSA) is 130 Å². The molecule has 0 bridgehead atoms. The molecule has 1 aliphatic heterocycles. The maximum Gasteiger partial charge on any atom is 0.271 e. The van der Waals surface area contributed by atoms with Gasteiger partial charge in [-0.2, -0.15) is 0 Å². The van der Waals surface area contributed by atoms with E-state index in [-0.39, 0.29) is 22.2 Å². The molecular formula is C25H24N4O6S. The molecule has 4 rings (SSSR count). The highest BCUT2D eigenvalue weighted by Crippen LogP contribution is 2.29. The van der Waals surface area contributed by atoms with Crippen LogP contribution in [0.1, 0.15) is 18.4 Å². The third-order valence-electron chi connectivity index (χ3n) is 5.79. The molecule has 1 N–H and O–H groups in total. The van der Waals surface area contributed by atoms with E-state index in [1.807, 2.05) is 6.92 Å². The number of benzene rings is 3. The van der Waals surface area contributed by atoms with Crippen molar-refractivity contribution in [3.05, 3.63) is 88.5 Å². The normalized spacial score (nSPS) is 13.5. The van der Waals surface area contributed by atoms with E-state index >= 15 is 0 Å². The molecule has 3 aromatic carbocycles. The second-order valence-electron chi connectivity index (χ2n) is 8.30. The summed E-state index contributed by atoms with van der Waals surface area (Å²) in [7, 11) is -4.21. The molecule has 10 nitrogen and oxygen atoms in total. The first kappa shape index (κ1) is 24.9. The number of nitro benzene ring substituents is 1. The van der Waals surface area contributed by atoms with E-state index in [1.54, 1.807) is 41.3 Å². The zero-order chi connectivity index (χ0) is 25.9. The monoisotopic (exact) mass is 508 g/mol. The summed E-state index contributed by atoms with van der Waals surface area (Å²) in [6, 6.07) is 17.7. The van der Waals surface area contributed by atoms with Gasteiger partial charge in [-0.1, -0.05) is 24.3 Å². The molecule has 11 heteroatoms. The number of hydrogen-bond acceptors (Lipinski definition) is 6. The van der Waals surface area contributed by atoms with Gasteiger partial charge in [-0.25, -0.2) is 8.42 Å². The Kier molecular flexibility index (Phi) is 7.02. The second kappa shape index (κ2) is 10.2. The molecule has 1 heterocycles. The molecule has 3 aromatic rings. The molecule has 1 fully saturated rings. The van der Waals surface area contributed by atoms with Crippen LogP contribution < -0.4 is 14.5 Å². The lowest BCUT2D eigenvalue weighted by Crippen LogP contribution is -2.38. The van der Waals surface area contributed by atoms with Crippen LogP contribution in [0.5, 0.6) is 0 Å². The van der Waals surface area contributed by atoms with Gasteiger partial charge in [0.05, 0.1) is 15.5 Å². The summed E-state index contributed by atoms with van der Waals surface area (Å²) in [6.07, 6.45) is 1.29. The van der Waals surface area contributed by atoms with Gasteiger partial charge in [0.25, 0.3) is 15.7 Å². The van der Waals surface area contributed by atoms with Crippen molar-refractivity contribution < 1.29 is 22.9 Å². The highest BCUT2D eigenvalue weighted by atomic mass is 32.2. The first-order valence-corrected chi connectivity index (χ1v) is 12.6. The van der Waals surface area contributed by atoms with Crippen molar-refractivity contribution in [2.24, 2.45) is 0 Å². The SMILES string of the molecule is Cc1cc(NC(=O)CN(c2cccc([N+](=O)[O-])c2)S(=O)(=O)c2ccccc2)ccc1N1CCCC1=O. The van der Waals surface area contributed by atoms with Gasteiger partial charge in [-0.15, -0.1) is 0 Å². The Morgan fingerprint density at radius 1 is 1.08 bits per heavy atom. The number of aryl methyl sites for hydroxylation is 1. The third-order valence-corrected chi connectivity index (χ3v) is 7.58. The van der Waals surface area contributed by atoms with Crippen molar-refractivity contribution in [3.63, 3.8) is 0 Å². The molecule has 0 atom stereocenters. The van der Waals surface area contributed by atoms with E-state index in [2.05, 4.69) is 5.32 Å². The van der Waals surface area contributed by atoms with Gasteiger partial charge in [0.15, 0.2) is 0 Å². The third kappa shape index (κ3) is 5.20. The van der Waals surface area contributed by atoms with Crippen LogP contribution in [0, 0.1) is 17.0 Å². The number of nitrogens with one attached hydrogen (secondary N) is 1. The molecule has 0 aromatic heterocycles. The molecule has 0 spiro atoms. The van der Waals surface area contributed by atoms with E-state index in [0.29, 0.717) is 18.7 Å². The van der Waals surface area contributed by atoms with Gasteiger partial charge in [0, 0.05) is 36.5 Å². The van der Waals surface area contributed by atoms with Crippen molar-refractivity contribution in [2.75, 3.05) is 27.6 Å². The van der Waals surface area contributed by atoms with Crippen LogP contribution in [0.15, 0.2) is 77.7 Å². The van der Waals surface area contributed by atoms with Crippen LogP contribution in [0.4, 0.5) is 22.7 Å².